The molecule has 0 saturated carbocycles. The van der Waals surface area contributed by atoms with Crippen molar-refractivity contribution < 1.29 is 23.9 Å². The fourth-order valence-electron chi connectivity index (χ4n) is 4.93. The van der Waals surface area contributed by atoms with Crippen molar-refractivity contribution in [2.24, 2.45) is 5.92 Å². The summed E-state index contributed by atoms with van der Waals surface area (Å²) in [7, 11) is 1.55. The second-order valence-electron chi connectivity index (χ2n) is 9.23. The van der Waals surface area contributed by atoms with Crippen LogP contribution in [0.3, 0.4) is 0 Å². The molecule has 2 aliphatic heterocycles. The number of nitrogens with zero attached hydrogens (tertiary/aromatic N) is 1. The first kappa shape index (κ1) is 24.2. The molecule has 1 aromatic heterocycles. The molecule has 190 valence electrons. The first-order valence-electron chi connectivity index (χ1n) is 12.2. The summed E-state index contributed by atoms with van der Waals surface area (Å²) in [5, 5.41) is 18.7. The van der Waals surface area contributed by atoms with Gasteiger partial charge in [0.25, 0.3) is 5.91 Å². The van der Waals surface area contributed by atoms with Gasteiger partial charge in [-0.15, -0.1) is 0 Å². The Labute approximate surface area is 213 Å². The molecular formula is C27H27N5O5. The highest BCUT2D eigenvalue weighted by atomic mass is 16.5. The molecule has 37 heavy (non-hydrogen) atoms. The van der Waals surface area contributed by atoms with Crippen LogP contribution < -0.4 is 25.4 Å². The van der Waals surface area contributed by atoms with Crippen LogP contribution in [-0.4, -0.2) is 54.5 Å². The minimum Gasteiger partial charge on any atom is -0.496 e. The van der Waals surface area contributed by atoms with E-state index in [1.807, 2.05) is 36.4 Å². The minimum atomic E-state index is -1.08. The van der Waals surface area contributed by atoms with Crippen molar-refractivity contribution in [3.8, 4) is 17.6 Å². The van der Waals surface area contributed by atoms with E-state index in [2.05, 4.69) is 27.0 Å². The Morgan fingerprint density at radius 3 is 2.78 bits per heavy atom. The van der Waals surface area contributed by atoms with Gasteiger partial charge >= 0.3 is 0 Å². The zero-order chi connectivity index (χ0) is 25.9. The Bertz CT molecular complexity index is 1370. The number of fused-ring (bicyclic) bond motifs is 2. The van der Waals surface area contributed by atoms with Crippen LogP contribution >= 0.6 is 0 Å². The maximum absolute atomic E-state index is 13.5. The van der Waals surface area contributed by atoms with Gasteiger partial charge in [-0.2, -0.15) is 5.26 Å². The molecule has 0 bridgehead atoms. The highest BCUT2D eigenvalue weighted by Crippen LogP contribution is 2.30. The van der Waals surface area contributed by atoms with Gasteiger partial charge in [0, 0.05) is 29.8 Å². The Morgan fingerprint density at radius 2 is 2.05 bits per heavy atom. The number of nitrogens with one attached hydrogen (secondary N) is 4. The predicted octanol–water partition coefficient (Wildman–Crippen LogP) is 1.81. The second kappa shape index (κ2) is 10.2. The number of rotatable bonds is 8. The van der Waals surface area contributed by atoms with Crippen molar-refractivity contribution in [3.05, 3.63) is 59.8 Å². The Balaban J connectivity index is 1.37. The third-order valence-corrected chi connectivity index (χ3v) is 6.86. The van der Waals surface area contributed by atoms with Crippen LogP contribution in [0, 0.1) is 17.2 Å². The summed E-state index contributed by atoms with van der Waals surface area (Å²) in [6.07, 6.45) is 0.548. The number of H-pyrrole nitrogens is 1. The largest absolute Gasteiger partial charge is 0.496 e. The van der Waals surface area contributed by atoms with Gasteiger partial charge in [-0.25, -0.2) is 0 Å². The van der Waals surface area contributed by atoms with Crippen LogP contribution in [0.15, 0.2) is 48.5 Å². The van der Waals surface area contributed by atoms with Crippen LogP contribution in [-0.2, 0) is 16.0 Å². The number of hydrogen-bond donors (Lipinski definition) is 4. The number of aromatic amines is 1. The predicted molar refractivity (Wildman–Crippen MR) is 134 cm³/mol. The van der Waals surface area contributed by atoms with Crippen LogP contribution in [0.1, 0.15) is 28.9 Å². The summed E-state index contributed by atoms with van der Waals surface area (Å²) in [5.41, 5.74) is 1.90. The average Bonchev–Trinajstić information content (AvgIpc) is 3.64. The molecule has 3 amide bonds. The third kappa shape index (κ3) is 4.93. The standard InChI is InChI=1S/C27H27N5O5/c1-36-22-8-4-6-19-18(22)13-20(31-19)26(34)32-24(23-12-15-5-2-3-7-21(15)37-23)27(35)30-17(14-28)11-16-9-10-29-25(16)33/h2-8,13,16-17,23-24,31H,9-12H2,1H3,(H,29,33)(H,30,35)(H,32,34)/t16?,17-,23?,24-/m0/s1. The number of amides is 3. The number of benzene rings is 2. The molecule has 10 nitrogen and oxygen atoms in total. The fourth-order valence-corrected chi connectivity index (χ4v) is 4.93. The molecule has 3 aromatic rings. The maximum Gasteiger partial charge on any atom is 0.268 e. The first-order chi connectivity index (χ1) is 18.0. The van der Waals surface area contributed by atoms with E-state index < -0.39 is 30.0 Å². The molecule has 1 fully saturated rings. The van der Waals surface area contributed by atoms with Gasteiger partial charge in [0.1, 0.15) is 35.4 Å². The minimum absolute atomic E-state index is 0.122. The van der Waals surface area contributed by atoms with E-state index in [-0.39, 0.29) is 23.9 Å². The molecule has 3 heterocycles. The zero-order valence-electron chi connectivity index (χ0n) is 20.2. The molecular weight excluding hydrogens is 474 g/mol. The number of carbonyl (C=O) groups excluding carboxylic acids is 3. The number of ether oxygens (including phenoxy) is 2. The van der Waals surface area contributed by atoms with Gasteiger partial charge in [0.2, 0.25) is 11.8 Å². The topological polar surface area (TPSA) is 145 Å². The molecule has 2 aromatic carbocycles. The average molecular weight is 502 g/mol. The van der Waals surface area contributed by atoms with Crippen molar-refractivity contribution >= 4 is 28.6 Å². The normalized spacial score (nSPS) is 19.7. The van der Waals surface area contributed by atoms with Crippen LogP contribution in [0.2, 0.25) is 0 Å². The zero-order valence-corrected chi connectivity index (χ0v) is 20.2. The molecule has 4 N–H and O–H groups in total. The molecule has 0 radical (unpaired) electrons. The summed E-state index contributed by atoms with van der Waals surface area (Å²) in [6, 6.07) is 14.6. The maximum atomic E-state index is 13.5. The summed E-state index contributed by atoms with van der Waals surface area (Å²) in [4.78, 5) is 41.8. The van der Waals surface area contributed by atoms with Gasteiger partial charge in [0.15, 0.2) is 0 Å². The lowest BCUT2D eigenvalue weighted by molar-refractivity contribution is -0.126. The third-order valence-electron chi connectivity index (χ3n) is 6.86. The molecule has 1 saturated heterocycles. The van der Waals surface area contributed by atoms with Crippen molar-refractivity contribution in [1.82, 2.24) is 20.9 Å². The van der Waals surface area contributed by atoms with E-state index >= 15 is 0 Å². The highest BCUT2D eigenvalue weighted by Gasteiger charge is 2.38. The second-order valence-corrected chi connectivity index (χ2v) is 9.23. The summed E-state index contributed by atoms with van der Waals surface area (Å²) >= 11 is 0. The lowest BCUT2D eigenvalue weighted by Gasteiger charge is -2.25. The SMILES string of the molecule is COc1cccc2[nH]c(C(=O)N[C@H](C(=O)N[C@H](C#N)CC3CCNC3=O)C3Cc4ccccc4O3)cc12. The van der Waals surface area contributed by atoms with Crippen LogP contribution in [0.25, 0.3) is 10.9 Å². The van der Waals surface area contributed by atoms with Gasteiger partial charge < -0.3 is 30.4 Å². The van der Waals surface area contributed by atoms with Crippen molar-refractivity contribution in [2.75, 3.05) is 13.7 Å². The lowest BCUT2D eigenvalue weighted by Crippen LogP contribution is -2.56. The quantitative estimate of drug-likeness (QED) is 0.370. The molecule has 10 heteroatoms. The number of hydrogen-bond acceptors (Lipinski definition) is 6. The Morgan fingerprint density at radius 1 is 1.22 bits per heavy atom. The molecule has 2 unspecified atom stereocenters. The number of carbonyl (C=O) groups is 3. The first-order valence-corrected chi connectivity index (χ1v) is 12.2. The van der Waals surface area contributed by atoms with Crippen molar-refractivity contribution in [1.29, 1.82) is 5.26 Å². The molecule has 2 aliphatic rings. The van der Waals surface area contributed by atoms with Gasteiger partial charge in [-0.05, 0) is 42.7 Å². The molecule has 5 rings (SSSR count). The number of para-hydroxylation sites is 1. The lowest BCUT2D eigenvalue weighted by atomic mass is 9.98. The Kier molecular flexibility index (Phi) is 6.68. The van der Waals surface area contributed by atoms with E-state index in [1.165, 1.54) is 0 Å². The van der Waals surface area contributed by atoms with E-state index in [1.54, 1.807) is 19.2 Å². The van der Waals surface area contributed by atoms with Crippen LogP contribution in [0.5, 0.6) is 11.5 Å². The van der Waals surface area contributed by atoms with Crippen molar-refractivity contribution in [3.63, 3.8) is 0 Å². The summed E-state index contributed by atoms with van der Waals surface area (Å²) in [5.74, 6) is -0.250. The fraction of sp³-hybridized carbons (Fsp3) is 0.333. The van der Waals surface area contributed by atoms with E-state index in [0.717, 1.165) is 16.5 Å². The van der Waals surface area contributed by atoms with E-state index in [0.29, 0.717) is 30.9 Å². The van der Waals surface area contributed by atoms with Gasteiger partial charge in [-0.3, -0.25) is 14.4 Å². The van der Waals surface area contributed by atoms with Crippen LogP contribution in [0.4, 0.5) is 0 Å². The highest BCUT2D eigenvalue weighted by molar-refractivity contribution is 6.01. The number of nitriles is 1. The van der Waals surface area contributed by atoms with E-state index in [4.69, 9.17) is 9.47 Å². The summed E-state index contributed by atoms with van der Waals surface area (Å²) < 4.78 is 11.4. The summed E-state index contributed by atoms with van der Waals surface area (Å²) in [6.45, 7) is 0.553. The van der Waals surface area contributed by atoms with E-state index in [9.17, 15) is 19.6 Å². The van der Waals surface area contributed by atoms with Crippen molar-refractivity contribution in [2.45, 2.75) is 37.5 Å². The Hall–Kier alpha value is -4.52. The molecule has 0 spiro atoms. The molecule has 0 aliphatic carbocycles. The smallest absolute Gasteiger partial charge is 0.268 e. The van der Waals surface area contributed by atoms with Gasteiger partial charge in [-0.1, -0.05) is 24.3 Å². The number of aromatic nitrogens is 1. The monoisotopic (exact) mass is 501 g/mol. The number of methoxy groups -OCH3 is 1. The van der Waals surface area contributed by atoms with Gasteiger partial charge in [0.05, 0.1) is 13.2 Å². The molecule has 4 atom stereocenters.